The molecule has 0 aliphatic heterocycles. The van der Waals surface area contributed by atoms with Crippen LogP contribution in [0.15, 0.2) is 34.5 Å². The normalized spacial score (nSPS) is 15.1. The lowest BCUT2D eigenvalue weighted by molar-refractivity contribution is -0.301. The van der Waals surface area contributed by atoms with Gasteiger partial charge in [0.25, 0.3) is 0 Å². The maximum Gasteiger partial charge on any atom is 0.212 e. The van der Waals surface area contributed by atoms with Crippen molar-refractivity contribution in [1.29, 1.82) is 0 Å². The van der Waals surface area contributed by atoms with Crippen LogP contribution in [0.1, 0.15) is 69.2 Å². The molecule has 0 spiro atoms. The number of rotatable bonds is 10. The number of carbonyl (C=O) groups is 1. The van der Waals surface area contributed by atoms with Gasteiger partial charge in [0.05, 0.1) is 18.8 Å². The summed E-state index contributed by atoms with van der Waals surface area (Å²) in [7, 11) is 0. The van der Waals surface area contributed by atoms with E-state index in [1.807, 2.05) is 24.3 Å². The maximum atomic E-state index is 10.9. The van der Waals surface area contributed by atoms with Gasteiger partial charge in [-0.25, -0.2) is 0 Å². The van der Waals surface area contributed by atoms with Crippen molar-refractivity contribution in [1.82, 2.24) is 14.9 Å². The van der Waals surface area contributed by atoms with E-state index in [1.165, 1.54) is 19.3 Å². The van der Waals surface area contributed by atoms with Crippen LogP contribution in [-0.2, 0) is 4.79 Å². The monoisotopic (exact) mass is 415 g/mol. The van der Waals surface area contributed by atoms with Gasteiger partial charge in [-0.3, -0.25) is 0 Å². The molecule has 0 atom stereocenters. The molecule has 2 aromatic rings. The highest BCUT2D eigenvalue weighted by Crippen LogP contribution is 2.33. The van der Waals surface area contributed by atoms with Crippen LogP contribution in [0.4, 0.5) is 0 Å². The second-order valence-corrected chi connectivity index (χ2v) is 8.11. The summed E-state index contributed by atoms with van der Waals surface area (Å²) in [6.45, 7) is 2.85. The minimum atomic E-state index is -1.13. The summed E-state index contributed by atoms with van der Waals surface area (Å²) in [5, 5.41) is 24.4. The Morgan fingerprint density at radius 1 is 1.28 bits per heavy atom. The van der Waals surface area contributed by atoms with Crippen LogP contribution >= 0.6 is 11.8 Å². The number of thioether (sulfide) groups is 1. The fraction of sp³-hybridized carbons (Fsp3) is 0.524. The molecule has 1 saturated carbocycles. The molecule has 7 nitrogen and oxygen atoms in total. The number of hydrogen-bond acceptors (Lipinski definition) is 7. The largest absolute Gasteiger partial charge is 0.549 e. The number of ether oxygens (including phenoxy) is 1. The zero-order valence-corrected chi connectivity index (χ0v) is 17.6. The van der Waals surface area contributed by atoms with Gasteiger partial charge in [-0.05, 0) is 49.1 Å². The van der Waals surface area contributed by atoms with Crippen molar-refractivity contribution in [2.45, 2.75) is 62.9 Å². The fourth-order valence-electron chi connectivity index (χ4n) is 3.32. The number of carbonyl (C=O) groups excluding carboxylic acids is 1. The molecule has 8 heteroatoms. The average molecular weight is 416 g/mol. The van der Waals surface area contributed by atoms with Crippen LogP contribution in [-0.4, -0.2) is 39.4 Å². The Balaban J connectivity index is 1.76. The molecular weight excluding hydrogens is 388 g/mol. The van der Waals surface area contributed by atoms with E-state index in [4.69, 9.17) is 4.74 Å². The van der Waals surface area contributed by atoms with Gasteiger partial charge in [-0.15, -0.1) is 10.2 Å². The van der Waals surface area contributed by atoms with E-state index in [9.17, 15) is 9.90 Å². The molecule has 0 N–H and O–H groups in total. The Kier molecular flexibility index (Phi) is 8.10. The summed E-state index contributed by atoms with van der Waals surface area (Å²) >= 11 is 1.08. The molecule has 0 unspecified atom stereocenters. The smallest absolute Gasteiger partial charge is 0.212 e. The molecule has 1 fully saturated rings. The first-order valence-electron chi connectivity index (χ1n) is 10.2. The summed E-state index contributed by atoms with van der Waals surface area (Å²) in [6.07, 6.45) is 9.58. The number of benzene rings is 1. The topological polar surface area (TPSA) is 92.4 Å². The Hall–Kier alpha value is -2.35. The summed E-state index contributed by atoms with van der Waals surface area (Å²) in [6, 6.07) is 7.75. The van der Waals surface area contributed by atoms with Crippen molar-refractivity contribution >= 4 is 23.9 Å². The van der Waals surface area contributed by atoms with Gasteiger partial charge in [-0.1, -0.05) is 44.4 Å². The molecule has 3 rings (SSSR count). The number of carboxylic acid groups (broad SMARTS) is 1. The molecule has 0 radical (unpaired) electrons. The van der Waals surface area contributed by atoms with E-state index in [0.717, 1.165) is 54.6 Å². The molecule has 0 bridgehead atoms. The molecule has 0 amide bonds. The van der Waals surface area contributed by atoms with Crippen molar-refractivity contribution in [2.75, 3.05) is 12.4 Å². The molecule has 1 aliphatic carbocycles. The Morgan fingerprint density at radius 2 is 2.03 bits per heavy atom. The molecule has 1 aromatic carbocycles. The number of unbranched alkanes of at least 4 members (excludes halogenated alkanes) is 1. The van der Waals surface area contributed by atoms with Crippen molar-refractivity contribution in [3.8, 4) is 5.75 Å². The predicted molar refractivity (Wildman–Crippen MR) is 111 cm³/mol. The molecule has 1 aliphatic rings. The van der Waals surface area contributed by atoms with Gasteiger partial charge in [-0.2, -0.15) is 9.78 Å². The van der Waals surface area contributed by atoms with Crippen LogP contribution in [0.2, 0.25) is 0 Å². The second-order valence-electron chi connectivity index (χ2n) is 7.16. The summed E-state index contributed by atoms with van der Waals surface area (Å²) in [5.74, 6) is 0.642. The van der Waals surface area contributed by atoms with E-state index in [1.54, 1.807) is 10.9 Å². The molecule has 156 valence electrons. The lowest BCUT2D eigenvalue weighted by atomic mass is 9.89. The molecule has 1 heterocycles. The quantitative estimate of drug-likeness (QED) is 0.336. The number of hydrogen-bond donors (Lipinski definition) is 0. The van der Waals surface area contributed by atoms with Crippen LogP contribution < -0.4 is 9.84 Å². The first-order chi connectivity index (χ1) is 14.2. The SMILES string of the molecule is CCCCOc1ccc(/C=N\n2c(SCC(=O)[O-])nnc2C2CCCCC2)cc1. The first kappa shape index (κ1) is 21.4. The van der Waals surface area contributed by atoms with Gasteiger partial charge in [0.15, 0.2) is 5.82 Å². The molecular formula is C21H27N4O3S-. The van der Waals surface area contributed by atoms with Crippen LogP contribution in [0.3, 0.4) is 0 Å². The zero-order chi connectivity index (χ0) is 20.5. The molecule has 29 heavy (non-hydrogen) atoms. The van der Waals surface area contributed by atoms with Crippen LogP contribution in [0.5, 0.6) is 5.75 Å². The van der Waals surface area contributed by atoms with Crippen LogP contribution in [0.25, 0.3) is 0 Å². The summed E-state index contributed by atoms with van der Waals surface area (Å²) in [5.41, 5.74) is 0.923. The number of carboxylic acids is 1. The van der Waals surface area contributed by atoms with E-state index in [-0.39, 0.29) is 5.75 Å². The lowest BCUT2D eigenvalue weighted by Gasteiger charge is -2.20. The highest BCUT2D eigenvalue weighted by Gasteiger charge is 2.23. The highest BCUT2D eigenvalue weighted by molar-refractivity contribution is 7.99. The van der Waals surface area contributed by atoms with Gasteiger partial charge in [0.2, 0.25) is 5.16 Å². The maximum absolute atomic E-state index is 10.9. The standard InChI is InChI=1S/C21H28N4O3S/c1-2-3-13-28-18-11-9-16(10-12-18)14-22-25-20(17-7-5-4-6-8-17)23-24-21(25)29-15-19(26)27/h9-12,14,17H,2-8,13,15H2,1H3,(H,26,27)/p-1/b22-14-. The first-order valence-corrected chi connectivity index (χ1v) is 11.2. The number of aliphatic carboxylic acids is 1. The third kappa shape index (κ3) is 6.32. The second kappa shape index (κ2) is 11.0. The van der Waals surface area contributed by atoms with Gasteiger partial charge in [0.1, 0.15) is 5.75 Å². The molecule has 1 aromatic heterocycles. The van der Waals surface area contributed by atoms with Crippen molar-refractivity contribution < 1.29 is 14.6 Å². The molecule has 0 saturated heterocycles. The Labute approximate surface area is 175 Å². The lowest BCUT2D eigenvalue weighted by Crippen LogP contribution is -2.24. The number of nitrogens with zero attached hydrogens (tertiary/aromatic N) is 4. The summed E-state index contributed by atoms with van der Waals surface area (Å²) in [4.78, 5) is 10.9. The third-order valence-electron chi connectivity index (χ3n) is 4.89. The minimum Gasteiger partial charge on any atom is -0.549 e. The number of aromatic nitrogens is 3. The van der Waals surface area contributed by atoms with Crippen molar-refractivity contribution in [3.63, 3.8) is 0 Å². The van der Waals surface area contributed by atoms with Gasteiger partial charge >= 0.3 is 0 Å². The van der Waals surface area contributed by atoms with E-state index in [2.05, 4.69) is 22.2 Å². The van der Waals surface area contributed by atoms with E-state index < -0.39 is 5.97 Å². The highest BCUT2D eigenvalue weighted by atomic mass is 32.2. The van der Waals surface area contributed by atoms with Crippen molar-refractivity contribution in [2.24, 2.45) is 5.10 Å². The van der Waals surface area contributed by atoms with Crippen molar-refractivity contribution in [3.05, 3.63) is 35.7 Å². The van der Waals surface area contributed by atoms with Crippen LogP contribution in [0, 0.1) is 0 Å². The average Bonchev–Trinajstić information content (AvgIpc) is 3.15. The Morgan fingerprint density at radius 3 is 2.72 bits per heavy atom. The van der Waals surface area contributed by atoms with E-state index in [0.29, 0.717) is 17.7 Å². The van der Waals surface area contributed by atoms with E-state index >= 15 is 0 Å². The van der Waals surface area contributed by atoms with Gasteiger partial charge in [0, 0.05) is 11.7 Å². The summed E-state index contributed by atoms with van der Waals surface area (Å²) < 4.78 is 7.38. The predicted octanol–water partition coefficient (Wildman–Crippen LogP) is 3.23. The Bertz CT molecular complexity index is 814. The van der Waals surface area contributed by atoms with Gasteiger partial charge < -0.3 is 14.6 Å². The minimum absolute atomic E-state index is 0.178. The third-order valence-corrected chi connectivity index (χ3v) is 5.79. The fourth-order valence-corrected chi connectivity index (χ4v) is 3.93. The zero-order valence-electron chi connectivity index (χ0n) is 16.7.